The molecule has 0 atom stereocenters. The third-order valence-corrected chi connectivity index (χ3v) is 4.76. The summed E-state index contributed by atoms with van der Waals surface area (Å²) in [5, 5.41) is 4.89. The molecule has 0 aliphatic rings. The predicted octanol–water partition coefficient (Wildman–Crippen LogP) is 4.62. The molecule has 0 saturated carbocycles. The number of anilines is 1. The van der Waals surface area contributed by atoms with E-state index in [9.17, 15) is 4.79 Å². The van der Waals surface area contributed by atoms with Crippen LogP contribution in [0.5, 0.6) is 0 Å². The maximum absolute atomic E-state index is 12.3. The van der Waals surface area contributed by atoms with Crippen molar-refractivity contribution in [1.82, 2.24) is 9.38 Å². The first-order chi connectivity index (χ1) is 11.7. The number of hydrogen-bond donors (Lipinski definition) is 1. The van der Waals surface area contributed by atoms with Gasteiger partial charge in [0, 0.05) is 23.6 Å². The number of aryl methyl sites for hydroxylation is 1. The highest BCUT2D eigenvalue weighted by Crippen LogP contribution is 2.26. The van der Waals surface area contributed by atoms with Crippen molar-refractivity contribution >= 4 is 28.6 Å². The minimum Gasteiger partial charge on any atom is -0.321 e. The molecule has 5 heteroatoms. The first-order valence-electron chi connectivity index (χ1n) is 7.60. The quantitative estimate of drug-likeness (QED) is 0.594. The van der Waals surface area contributed by atoms with Gasteiger partial charge in [0.1, 0.15) is 5.65 Å². The largest absolute Gasteiger partial charge is 0.321 e. The van der Waals surface area contributed by atoms with Gasteiger partial charge in [0.25, 0.3) is 5.91 Å². The highest BCUT2D eigenvalue weighted by molar-refractivity contribution is 7.12. The first kappa shape index (κ1) is 14.7. The number of benzene rings is 1. The second-order valence-electron chi connectivity index (χ2n) is 5.55. The van der Waals surface area contributed by atoms with Crippen molar-refractivity contribution in [3.8, 4) is 11.3 Å². The SMILES string of the molecule is Cc1ccc(-c2cn3ccccc3n2)cc1NC(=O)c1cccs1. The van der Waals surface area contributed by atoms with Gasteiger partial charge in [-0.05, 0) is 42.1 Å². The number of fused-ring (bicyclic) bond motifs is 1. The molecule has 0 radical (unpaired) electrons. The van der Waals surface area contributed by atoms with Crippen LogP contribution in [0, 0.1) is 6.92 Å². The molecule has 1 amide bonds. The molecule has 4 aromatic rings. The van der Waals surface area contributed by atoms with Gasteiger partial charge >= 0.3 is 0 Å². The van der Waals surface area contributed by atoms with E-state index in [1.54, 1.807) is 0 Å². The van der Waals surface area contributed by atoms with E-state index >= 15 is 0 Å². The highest BCUT2D eigenvalue weighted by Gasteiger charge is 2.11. The lowest BCUT2D eigenvalue weighted by atomic mass is 10.1. The number of amides is 1. The molecule has 0 bridgehead atoms. The van der Waals surface area contributed by atoms with Crippen LogP contribution in [0.25, 0.3) is 16.9 Å². The molecule has 0 spiro atoms. The van der Waals surface area contributed by atoms with Crippen LogP contribution in [-0.2, 0) is 0 Å². The Morgan fingerprint density at radius 1 is 1.17 bits per heavy atom. The fraction of sp³-hybridized carbons (Fsp3) is 0.0526. The van der Waals surface area contributed by atoms with Crippen molar-refractivity contribution in [2.75, 3.05) is 5.32 Å². The van der Waals surface area contributed by atoms with E-state index in [-0.39, 0.29) is 5.91 Å². The molecule has 0 unspecified atom stereocenters. The van der Waals surface area contributed by atoms with Gasteiger partial charge in [-0.15, -0.1) is 11.3 Å². The smallest absolute Gasteiger partial charge is 0.265 e. The van der Waals surface area contributed by atoms with E-state index in [1.807, 2.05) is 77.6 Å². The van der Waals surface area contributed by atoms with Gasteiger partial charge in [-0.25, -0.2) is 4.98 Å². The van der Waals surface area contributed by atoms with Gasteiger partial charge in [0.15, 0.2) is 0 Å². The number of nitrogens with one attached hydrogen (secondary N) is 1. The van der Waals surface area contributed by atoms with Gasteiger partial charge < -0.3 is 9.72 Å². The molecule has 118 valence electrons. The second kappa shape index (κ2) is 5.94. The van der Waals surface area contributed by atoms with Crippen molar-refractivity contribution in [2.45, 2.75) is 6.92 Å². The molecule has 3 aromatic heterocycles. The highest BCUT2D eigenvalue weighted by atomic mass is 32.1. The zero-order valence-electron chi connectivity index (χ0n) is 13.1. The number of aromatic nitrogens is 2. The molecule has 24 heavy (non-hydrogen) atoms. The summed E-state index contributed by atoms with van der Waals surface area (Å²) in [6.45, 7) is 1.98. The van der Waals surface area contributed by atoms with E-state index in [0.717, 1.165) is 28.2 Å². The number of hydrogen-bond acceptors (Lipinski definition) is 3. The third kappa shape index (κ3) is 2.70. The predicted molar refractivity (Wildman–Crippen MR) is 97.6 cm³/mol. The van der Waals surface area contributed by atoms with Crippen molar-refractivity contribution in [2.24, 2.45) is 0 Å². The molecular weight excluding hydrogens is 318 g/mol. The number of carbonyl (C=O) groups excluding carboxylic acids is 1. The van der Waals surface area contributed by atoms with E-state index in [1.165, 1.54) is 11.3 Å². The Kier molecular flexibility index (Phi) is 3.63. The lowest BCUT2D eigenvalue weighted by Gasteiger charge is -2.09. The summed E-state index contributed by atoms with van der Waals surface area (Å²) < 4.78 is 1.99. The minimum atomic E-state index is -0.0831. The summed E-state index contributed by atoms with van der Waals surface area (Å²) in [7, 11) is 0. The Balaban J connectivity index is 1.69. The van der Waals surface area contributed by atoms with Crippen LogP contribution >= 0.6 is 11.3 Å². The van der Waals surface area contributed by atoms with Gasteiger partial charge in [-0.3, -0.25) is 4.79 Å². The maximum Gasteiger partial charge on any atom is 0.265 e. The maximum atomic E-state index is 12.3. The topological polar surface area (TPSA) is 46.4 Å². The second-order valence-corrected chi connectivity index (χ2v) is 6.50. The molecular formula is C19H15N3OS. The molecule has 0 saturated heterocycles. The lowest BCUT2D eigenvalue weighted by molar-refractivity contribution is 0.103. The molecule has 0 aliphatic carbocycles. The van der Waals surface area contributed by atoms with Crippen LogP contribution in [0.4, 0.5) is 5.69 Å². The zero-order valence-corrected chi connectivity index (χ0v) is 13.9. The Hall–Kier alpha value is -2.92. The van der Waals surface area contributed by atoms with Gasteiger partial charge in [-0.2, -0.15) is 0 Å². The Labute approximate surface area is 143 Å². The molecule has 0 aliphatic heterocycles. The van der Waals surface area contributed by atoms with Crippen LogP contribution in [-0.4, -0.2) is 15.3 Å². The number of carbonyl (C=O) groups is 1. The summed E-state index contributed by atoms with van der Waals surface area (Å²) >= 11 is 1.43. The van der Waals surface area contributed by atoms with Crippen molar-refractivity contribution < 1.29 is 4.79 Å². The Morgan fingerprint density at radius 3 is 2.88 bits per heavy atom. The van der Waals surface area contributed by atoms with Crippen LogP contribution in [0.3, 0.4) is 0 Å². The summed E-state index contributed by atoms with van der Waals surface area (Å²) in [6.07, 6.45) is 3.96. The molecule has 4 rings (SSSR count). The third-order valence-electron chi connectivity index (χ3n) is 3.89. The monoisotopic (exact) mass is 333 g/mol. The van der Waals surface area contributed by atoms with Gasteiger partial charge in [-0.1, -0.05) is 24.3 Å². The van der Waals surface area contributed by atoms with Crippen LogP contribution < -0.4 is 5.32 Å². The summed E-state index contributed by atoms with van der Waals surface area (Å²) in [5.41, 5.74) is 4.59. The van der Waals surface area contributed by atoms with Crippen molar-refractivity contribution in [1.29, 1.82) is 0 Å². The first-order valence-corrected chi connectivity index (χ1v) is 8.48. The number of imidazole rings is 1. The van der Waals surface area contributed by atoms with Crippen LogP contribution in [0.1, 0.15) is 15.2 Å². The van der Waals surface area contributed by atoms with Gasteiger partial charge in [0.05, 0.1) is 10.6 Å². The summed E-state index contributed by atoms with van der Waals surface area (Å²) in [5.74, 6) is -0.0831. The van der Waals surface area contributed by atoms with E-state index < -0.39 is 0 Å². The van der Waals surface area contributed by atoms with Crippen molar-refractivity contribution in [3.63, 3.8) is 0 Å². The summed E-state index contributed by atoms with van der Waals surface area (Å²) in [6, 6.07) is 15.6. The number of rotatable bonds is 3. The van der Waals surface area contributed by atoms with Crippen molar-refractivity contribution in [3.05, 3.63) is 76.7 Å². The molecule has 1 aromatic carbocycles. The fourth-order valence-corrected chi connectivity index (χ4v) is 3.20. The molecule has 4 nitrogen and oxygen atoms in total. The Bertz CT molecular complexity index is 985. The lowest BCUT2D eigenvalue weighted by Crippen LogP contribution is -2.11. The molecule has 3 heterocycles. The standard InChI is InChI=1S/C19H15N3OS/c1-13-7-8-14(16-12-22-9-3-2-6-18(22)20-16)11-15(13)21-19(23)17-5-4-10-24-17/h2-12H,1H3,(H,21,23). The van der Waals surface area contributed by atoms with E-state index in [4.69, 9.17) is 0 Å². The van der Waals surface area contributed by atoms with E-state index in [2.05, 4.69) is 10.3 Å². The van der Waals surface area contributed by atoms with Crippen LogP contribution in [0.2, 0.25) is 0 Å². The Morgan fingerprint density at radius 2 is 2.08 bits per heavy atom. The number of nitrogens with zero attached hydrogens (tertiary/aromatic N) is 2. The average Bonchev–Trinajstić information content (AvgIpc) is 3.26. The number of thiophene rings is 1. The number of pyridine rings is 1. The fourth-order valence-electron chi connectivity index (χ4n) is 2.58. The zero-order chi connectivity index (χ0) is 16.5. The normalized spacial score (nSPS) is 10.9. The van der Waals surface area contributed by atoms with Crippen LogP contribution in [0.15, 0.2) is 66.3 Å². The minimum absolute atomic E-state index is 0.0831. The summed E-state index contributed by atoms with van der Waals surface area (Å²) in [4.78, 5) is 17.6. The molecule has 1 N–H and O–H groups in total. The molecule has 0 fully saturated rings. The average molecular weight is 333 g/mol. The van der Waals surface area contributed by atoms with Gasteiger partial charge in [0.2, 0.25) is 0 Å². The van der Waals surface area contributed by atoms with E-state index in [0.29, 0.717) is 4.88 Å².